The van der Waals surface area contributed by atoms with Gasteiger partial charge in [0.15, 0.2) is 0 Å². The third-order valence-corrected chi connectivity index (χ3v) is 5.35. The van der Waals surface area contributed by atoms with Crippen LogP contribution in [0.15, 0.2) is 72.8 Å². The van der Waals surface area contributed by atoms with E-state index in [0.717, 1.165) is 58.7 Å². The van der Waals surface area contributed by atoms with Gasteiger partial charge in [-0.1, -0.05) is 48.5 Å². The van der Waals surface area contributed by atoms with Crippen LogP contribution in [0.4, 0.5) is 11.8 Å². The summed E-state index contributed by atoms with van der Waals surface area (Å²) >= 11 is 0. The molecule has 6 heteroatoms. The van der Waals surface area contributed by atoms with Crippen molar-refractivity contribution in [3.8, 4) is 11.5 Å². The fourth-order valence-electron chi connectivity index (χ4n) is 3.73. The van der Waals surface area contributed by atoms with E-state index in [9.17, 15) is 0 Å². The first-order valence-electron chi connectivity index (χ1n) is 10.8. The predicted octanol–water partition coefficient (Wildman–Crippen LogP) is 4.96. The third kappa shape index (κ3) is 5.09. The van der Waals surface area contributed by atoms with Crippen LogP contribution in [0.2, 0.25) is 0 Å². The van der Waals surface area contributed by atoms with Crippen molar-refractivity contribution >= 4 is 22.7 Å². The molecule has 0 atom stereocenters. The van der Waals surface area contributed by atoms with Crippen LogP contribution in [0.5, 0.6) is 11.5 Å². The Hall–Kier alpha value is -3.80. The minimum Gasteiger partial charge on any atom is -0.496 e. The molecular formula is C26H28N4O2. The van der Waals surface area contributed by atoms with Gasteiger partial charge in [0.1, 0.15) is 17.3 Å². The molecule has 0 aliphatic heterocycles. The standard InChI is InChI=1S/C26H28N4O2/c1-31-23-13-7-3-9-19(23)15-17-27-25-21-11-5-6-12-22(21)29-26(30-25)28-18-16-20-10-4-8-14-24(20)32-2/h3-14H,15-18H2,1-2H3,(H2,27,28,29,30). The van der Waals surface area contributed by atoms with Crippen molar-refractivity contribution in [2.45, 2.75) is 12.8 Å². The molecule has 0 spiro atoms. The zero-order valence-electron chi connectivity index (χ0n) is 18.5. The molecule has 0 fully saturated rings. The molecule has 2 N–H and O–H groups in total. The van der Waals surface area contributed by atoms with Crippen LogP contribution in [-0.4, -0.2) is 37.3 Å². The summed E-state index contributed by atoms with van der Waals surface area (Å²) in [6.45, 7) is 1.45. The van der Waals surface area contributed by atoms with Gasteiger partial charge in [-0.15, -0.1) is 0 Å². The number of fused-ring (bicyclic) bond motifs is 1. The highest BCUT2D eigenvalue weighted by Crippen LogP contribution is 2.23. The summed E-state index contributed by atoms with van der Waals surface area (Å²) in [4.78, 5) is 9.44. The number of nitrogens with zero attached hydrogens (tertiary/aromatic N) is 2. The molecule has 0 saturated heterocycles. The number of hydrogen-bond donors (Lipinski definition) is 2. The predicted molar refractivity (Wildman–Crippen MR) is 130 cm³/mol. The van der Waals surface area contributed by atoms with E-state index < -0.39 is 0 Å². The summed E-state index contributed by atoms with van der Waals surface area (Å²) in [6, 6.07) is 24.2. The van der Waals surface area contributed by atoms with Gasteiger partial charge in [0.05, 0.1) is 19.7 Å². The second kappa shape index (κ2) is 10.5. The van der Waals surface area contributed by atoms with E-state index in [1.165, 1.54) is 0 Å². The summed E-state index contributed by atoms with van der Waals surface area (Å²) < 4.78 is 10.9. The minimum absolute atomic E-state index is 0.610. The van der Waals surface area contributed by atoms with Crippen LogP contribution in [0, 0.1) is 0 Å². The van der Waals surface area contributed by atoms with Gasteiger partial charge < -0.3 is 20.1 Å². The van der Waals surface area contributed by atoms with Gasteiger partial charge in [-0.3, -0.25) is 0 Å². The second-order valence-corrected chi connectivity index (χ2v) is 7.39. The van der Waals surface area contributed by atoms with E-state index in [1.807, 2.05) is 60.7 Å². The van der Waals surface area contributed by atoms with Crippen molar-refractivity contribution in [1.29, 1.82) is 0 Å². The van der Waals surface area contributed by atoms with Crippen LogP contribution in [-0.2, 0) is 12.8 Å². The van der Waals surface area contributed by atoms with E-state index in [0.29, 0.717) is 12.5 Å². The van der Waals surface area contributed by atoms with Gasteiger partial charge in [-0.05, 0) is 48.2 Å². The first-order chi connectivity index (χ1) is 15.8. The molecule has 0 saturated carbocycles. The molecule has 0 aliphatic carbocycles. The first kappa shape index (κ1) is 21.4. The molecule has 0 unspecified atom stereocenters. The van der Waals surface area contributed by atoms with Crippen LogP contribution >= 0.6 is 0 Å². The number of para-hydroxylation sites is 3. The van der Waals surface area contributed by atoms with Crippen LogP contribution < -0.4 is 20.1 Å². The second-order valence-electron chi connectivity index (χ2n) is 7.39. The highest BCUT2D eigenvalue weighted by molar-refractivity contribution is 5.90. The first-order valence-corrected chi connectivity index (χ1v) is 10.8. The van der Waals surface area contributed by atoms with E-state index in [2.05, 4.69) is 27.8 Å². The number of hydrogen-bond acceptors (Lipinski definition) is 6. The van der Waals surface area contributed by atoms with E-state index in [4.69, 9.17) is 14.5 Å². The topological polar surface area (TPSA) is 68.3 Å². The third-order valence-electron chi connectivity index (χ3n) is 5.35. The number of methoxy groups -OCH3 is 2. The molecule has 0 amide bonds. The summed E-state index contributed by atoms with van der Waals surface area (Å²) in [7, 11) is 3.40. The van der Waals surface area contributed by atoms with Gasteiger partial charge in [0, 0.05) is 18.5 Å². The zero-order chi connectivity index (χ0) is 22.2. The molecule has 1 aromatic heterocycles. The number of nitrogens with one attached hydrogen (secondary N) is 2. The fraction of sp³-hybridized carbons (Fsp3) is 0.231. The number of ether oxygens (including phenoxy) is 2. The lowest BCUT2D eigenvalue weighted by atomic mass is 10.1. The molecule has 3 aromatic carbocycles. The lowest BCUT2D eigenvalue weighted by Crippen LogP contribution is -2.12. The fourth-order valence-corrected chi connectivity index (χ4v) is 3.73. The minimum atomic E-state index is 0.610. The molecule has 32 heavy (non-hydrogen) atoms. The molecule has 4 rings (SSSR count). The number of benzene rings is 3. The maximum atomic E-state index is 5.46. The molecule has 4 aromatic rings. The van der Waals surface area contributed by atoms with Crippen molar-refractivity contribution in [3.05, 3.63) is 83.9 Å². The van der Waals surface area contributed by atoms with Crippen LogP contribution in [0.25, 0.3) is 10.9 Å². The van der Waals surface area contributed by atoms with Crippen molar-refractivity contribution < 1.29 is 9.47 Å². The lowest BCUT2D eigenvalue weighted by Gasteiger charge is -2.13. The Morgan fingerprint density at radius 2 is 1.22 bits per heavy atom. The average molecular weight is 429 g/mol. The molecule has 0 radical (unpaired) electrons. The maximum absolute atomic E-state index is 5.46. The van der Waals surface area contributed by atoms with Gasteiger partial charge in [-0.2, -0.15) is 4.98 Å². The van der Waals surface area contributed by atoms with Crippen LogP contribution in [0.3, 0.4) is 0 Å². The Labute approximate surface area is 188 Å². The Morgan fingerprint density at radius 1 is 0.656 bits per heavy atom. The SMILES string of the molecule is COc1ccccc1CCNc1nc(NCCc2ccccc2OC)c2ccccc2n1. The van der Waals surface area contributed by atoms with Gasteiger partial charge in [-0.25, -0.2) is 4.98 Å². The van der Waals surface area contributed by atoms with E-state index in [-0.39, 0.29) is 0 Å². The van der Waals surface area contributed by atoms with Gasteiger partial charge >= 0.3 is 0 Å². The molecule has 6 nitrogen and oxygen atoms in total. The summed E-state index contributed by atoms with van der Waals surface area (Å²) in [5, 5.41) is 7.86. The number of rotatable bonds is 10. The van der Waals surface area contributed by atoms with Crippen molar-refractivity contribution in [1.82, 2.24) is 9.97 Å². The molecule has 0 bridgehead atoms. The Bertz CT molecular complexity index is 1180. The van der Waals surface area contributed by atoms with Crippen molar-refractivity contribution in [3.63, 3.8) is 0 Å². The summed E-state index contributed by atoms with van der Waals surface area (Å²) in [6.07, 6.45) is 1.65. The summed E-state index contributed by atoms with van der Waals surface area (Å²) in [5.41, 5.74) is 3.22. The normalized spacial score (nSPS) is 10.7. The largest absolute Gasteiger partial charge is 0.496 e. The number of anilines is 2. The molecule has 0 aliphatic rings. The average Bonchev–Trinajstić information content (AvgIpc) is 2.84. The Kier molecular flexibility index (Phi) is 7.02. The van der Waals surface area contributed by atoms with E-state index >= 15 is 0 Å². The maximum Gasteiger partial charge on any atom is 0.225 e. The highest BCUT2D eigenvalue weighted by atomic mass is 16.5. The Morgan fingerprint density at radius 3 is 1.88 bits per heavy atom. The molecule has 1 heterocycles. The molecular weight excluding hydrogens is 400 g/mol. The highest BCUT2D eigenvalue weighted by Gasteiger charge is 2.09. The smallest absolute Gasteiger partial charge is 0.225 e. The van der Waals surface area contributed by atoms with Crippen LogP contribution in [0.1, 0.15) is 11.1 Å². The summed E-state index contributed by atoms with van der Waals surface area (Å²) in [5.74, 6) is 3.23. The number of aromatic nitrogens is 2. The molecule has 164 valence electrons. The van der Waals surface area contributed by atoms with Gasteiger partial charge in [0.25, 0.3) is 0 Å². The van der Waals surface area contributed by atoms with Crippen molar-refractivity contribution in [2.75, 3.05) is 37.9 Å². The quantitative estimate of drug-likeness (QED) is 0.372. The monoisotopic (exact) mass is 428 g/mol. The Balaban J connectivity index is 1.46. The zero-order valence-corrected chi connectivity index (χ0v) is 18.5. The van der Waals surface area contributed by atoms with Gasteiger partial charge in [0.2, 0.25) is 5.95 Å². The lowest BCUT2D eigenvalue weighted by molar-refractivity contribution is 0.410. The van der Waals surface area contributed by atoms with Crippen molar-refractivity contribution in [2.24, 2.45) is 0 Å². The van der Waals surface area contributed by atoms with E-state index in [1.54, 1.807) is 14.2 Å².